The molecule has 98 valence electrons. The first-order chi connectivity index (χ1) is 9.28. The smallest absolute Gasteiger partial charge is 0.0432 e. The summed E-state index contributed by atoms with van der Waals surface area (Å²) in [5.74, 6) is 0. The fourth-order valence-electron chi connectivity index (χ4n) is 2.90. The van der Waals surface area contributed by atoms with E-state index in [9.17, 15) is 0 Å². The lowest BCUT2D eigenvalue weighted by Gasteiger charge is -2.32. The number of rotatable bonds is 2. The van der Waals surface area contributed by atoms with E-state index < -0.39 is 0 Å². The topological polar surface area (TPSA) is 29.3 Å². The summed E-state index contributed by atoms with van der Waals surface area (Å²) >= 11 is 0. The van der Waals surface area contributed by atoms with Gasteiger partial charge in [0.2, 0.25) is 0 Å². The van der Waals surface area contributed by atoms with Gasteiger partial charge in [-0.05, 0) is 41.7 Å². The normalized spacial score (nSPS) is 14.3. The second-order valence-corrected chi connectivity index (χ2v) is 5.27. The Hall–Kier alpha value is -1.80. The van der Waals surface area contributed by atoms with Gasteiger partial charge in [-0.1, -0.05) is 36.4 Å². The number of benzene rings is 2. The Morgan fingerprint density at radius 1 is 1.11 bits per heavy atom. The molecule has 1 aliphatic rings. The summed E-state index contributed by atoms with van der Waals surface area (Å²) in [5.41, 5.74) is 12.5. The highest BCUT2D eigenvalue weighted by molar-refractivity contribution is 5.56. The van der Waals surface area contributed by atoms with Crippen molar-refractivity contribution in [3.05, 3.63) is 64.7 Å². The Kier molecular flexibility index (Phi) is 3.26. The SMILES string of the molecule is Cc1cc(CN)ccc1N1CCc2ccccc2C1. The third-order valence-corrected chi connectivity index (χ3v) is 3.97. The second kappa shape index (κ2) is 5.06. The fourth-order valence-corrected chi connectivity index (χ4v) is 2.90. The van der Waals surface area contributed by atoms with Crippen molar-refractivity contribution in [2.45, 2.75) is 26.4 Å². The summed E-state index contributed by atoms with van der Waals surface area (Å²) in [6.45, 7) is 4.90. The maximum Gasteiger partial charge on any atom is 0.0432 e. The van der Waals surface area contributed by atoms with Crippen LogP contribution in [-0.2, 0) is 19.5 Å². The van der Waals surface area contributed by atoms with Crippen molar-refractivity contribution in [1.29, 1.82) is 0 Å². The monoisotopic (exact) mass is 252 g/mol. The highest BCUT2D eigenvalue weighted by Crippen LogP contribution is 2.27. The summed E-state index contributed by atoms with van der Waals surface area (Å²) in [7, 11) is 0. The molecule has 0 radical (unpaired) electrons. The number of nitrogens with two attached hydrogens (primary N) is 1. The first-order valence-corrected chi connectivity index (χ1v) is 6.89. The van der Waals surface area contributed by atoms with Crippen LogP contribution < -0.4 is 10.6 Å². The molecule has 2 aromatic rings. The molecule has 0 spiro atoms. The van der Waals surface area contributed by atoms with E-state index in [2.05, 4.69) is 54.3 Å². The van der Waals surface area contributed by atoms with Crippen LogP contribution in [0.4, 0.5) is 5.69 Å². The summed E-state index contributed by atoms with van der Waals surface area (Å²) < 4.78 is 0. The van der Waals surface area contributed by atoms with Gasteiger partial charge in [-0.15, -0.1) is 0 Å². The van der Waals surface area contributed by atoms with Crippen molar-refractivity contribution in [1.82, 2.24) is 0 Å². The van der Waals surface area contributed by atoms with E-state index in [-0.39, 0.29) is 0 Å². The van der Waals surface area contributed by atoms with Crippen molar-refractivity contribution in [3.63, 3.8) is 0 Å². The number of hydrogen-bond donors (Lipinski definition) is 1. The van der Waals surface area contributed by atoms with Crippen LogP contribution >= 0.6 is 0 Å². The van der Waals surface area contributed by atoms with Gasteiger partial charge in [0, 0.05) is 25.3 Å². The lowest BCUT2D eigenvalue weighted by molar-refractivity contribution is 0.729. The standard InChI is InChI=1S/C17H20N2/c1-13-10-14(11-18)6-7-17(13)19-9-8-15-4-2-3-5-16(15)12-19/h2-7,10H,8-9,11-12,18H2,1H3. The van der Waals surface area contributed by atoms with Crippen LogP contribution in [0.3, 0.4) is 0 Å². The third kappa shape index (κ3) is 2.36. The average molecular weight is 252 g/mol. The highest BCUT2D eigenvalue weighted by Gasteiger charge is 2.17. The minimum Gasteiger partial charge on any atom is -0.367 e. The summed E-state index contributed by atoms with van der Waals surface area (Å²) in [6.07, 6.45) is 1.13. The molecular weight excluding hydrogens is 232 g/mol. The molecule has 2 aromatic carbocycles. The predicted molar refractivity (Wildman–Crippen MR) is 80.3 cm³/mol. The molecule has 1 aliphatic heterocycles. The molecule has 1 heterocycles. The zero-order chi connectivity index (χ0) is 13.2. The van der Waals surface area contributed by atoms with E-state index in [0.717, 1.165) is 19.5 Å². The van der Waals surface area contributed by atoms with E-state index >= 15 is 0 Å². The van der Waals surface area contributed by atoms with Crippen molar-refractivity contribution in [2.75, 3.05) is 11.4 Å². The molecule has 2 nitrogen and oxygen atoms in total. The number of aryl methyl sites for hydroxylation is 1. The average Bonchev–Trinajstić information content (AvgIpc) is 2.46. The minimum atomic E-state index is 0.615. The van der Waals surface area contributed by atoms with Crippen LogP contribution in [0.1, 0.15) is 22.3 Å². The van der Waals surface area contributed by atoms with Crippen molar-refractivity contribution in [2.24, 2.45) is 5.73 Å². The summed E-state index contributed by atoms with van der Waals surface area (Å²) in [4.78, 5) is 2.47. The van der Waals surface area contributed by atoms with Crippen molar-refractivity contribution < 1.29 is 0 Å². The van der Waals surface area contributed by atoms with Gasteiger partial charge in [-0.25, -0.2) is 0 Å². The van der Waals surface area contributed by atoms with Gasteiger partial charge in [0.25, 0.3) is 0 Å². The molecule has 0 fully saturated rings. The molecule has 0 aliphatic carbocycles. The Morgan fingerprint density at radius 3 is 2.63 bits per heavy atom. The molecule has 0 bridgehead atoms. The zero-order valence-electron chi connectivity index (χ0n) is 11.4. The Morgan fingerprint density at radius 2 is 1.89 bits per heavy atom. The molecule has 2 N–H and O–H groups in total. The van der Waals surface area contributed by atoms with Crippen LogP contribution in [0.2, 0.25) is 0 Å². The lowest BCUT2D eigenvalue weighted by atomic mass is 9.98. The van der Waals surface area contributed by atoms with E-state index in [1.807, 2.05) is 0 Å². The molecule has 0 atom stereocenters. The van der Waals surface area contributed by atoms with Gasteiger partial charge in [0.05, 0.1) is 0 Å². The minimum absolute atomic E-state index is 0.615. The fraction of sp³-hybridized carbons (Fsp3) is 0.294. The van der Waals surface area contributed by atoms with Gasteiger partial charge >= 0.3 is 0 Å². The lowest BCUT2D eigenvalue weighted by Crippen LogP contribution is -2.30. The maximum atomic E-state index is 5.70. The molecule has 19 heavy (non-hydrogen) atoms. The number of anilines is 1. The van der Waals surface area contributed by atoms with Gasteiger partial charge in [-0.2, -0.15) is 0 Å². The van der Waals surface area contributed by atoms with Gasteiger partial charge < -0.3 is 10.6 Å². The first-order valence-electron chi connectivity index (χ1n) is 6.89. The Balaban J connectivity index is 1.89. The van der Waals surface area contributed by atoms with E-state index in [4.69, 9.17) is 5.73 Å². The van der Waals surface area contributed by atoms with E-state index in [1.165, 1.54) is 27.9 Å². The summed E-state index contributed by atoms with van der Waals surface area (Å²) in [6, 6.07) is 15.3. The van der Waals surface area contributed by atoms with Crippen molar-refractivity contribution in [3.8, 4) is 0 Å². The molecule has 0 amide bonds. The van der Waals surface area contributed by atoms with Crippen LogP contribution in [0.5, 0.6) is 0 Å². The predicted octanol–water partition coefficient (Wildman–Crippen LogP) is 3.02. The van der Waals surface area contributed by atoms with Crippen LogP contribution in [0.25, 0.3) is 0 Å². The first kappa shape index (κ1) is 12.2. The number of hydrogen-bond acceptors (Lipinski definition) is 2. The van der Waals surface area contributed by atoms with Crippen LogP contribution in [0, 0.1) is 6.92 Å². The zero-order valence-corrected chi connectivity index (χ0v) is 11.4. The molecule has 0 saturated heterocycles. The largest absolute Gasteiger partial charge is 0.367 e. The van der Waals surface area contributed by atoms with Gasteiger partial charge in [0.1, 0.15) is 0 Å². The number of fused-ring (bicyclic) bond motifs is 1. The summed E-state index contributed by atoms with van der Waals surface area (Å²) in [5, 5.41) is 0. The molecule has 0 saturated carbocycles. The highest BCUT2D eigenvalue weighted by atomic mass is 15.1. The molecule has 3 rings (SSSR count). The van der Waals surface area contributed by atoms with E-state index in [0.29, 0.717) is 6.54 Å². The van der Waals surface area contributed by atoms with Crippen LogP contribution in [0.15, 0.2) is 42.5 Å². The van der Waals surface area contributed by atoms with Crippen molar-refractivity contribution >= 4 is 5.69 Å². The van der Waals surface area contributed by atoms with Gasteiger partial charge in [-0.3, -0.25) is 0 Å². The van der Waals surface area contributed by atoms with E-state index in [1.54, 1.807) is 0 Å². The molecule has 2 heteroatoms. The maximum absolute atomic E-state index is 5.70. The second-order valence-electron chi connectivity index (χ2n) is 5.27. The third-order valence-electron chi connectivity index (χ3n) is 3.97. The Labute approximate surface area is 114 Å². The Bertz CT molecular complexity index is 590. The quantitative estimate of drug-likeness (QED) is 0.890. The molecule has 0 unspecified atom stereocenters. The molecule has 0 aromatic heterocycles. The molecular formula is C17H20N2. The van der Waals surface area contributed by atoms with Crippen LogP contribution in [-0.4, -0.2) is 6.54 Å². The van der Waals surface area contributed by atoms with Gasteiger partial charge in [0.15, 0.2) is 0 Å². The number of nitrogens with zero attached hydrogens (tertiary/aromatic N) is 1.